The zero-order valence-electron chi connectivity index (χ0n) is 15.1. The lowest BCUT2D eigenvalue weighted by molar-refractivity contribution is 0.0696. The summed E-state index contributed by atoms with van der Waals surface area (Å²) >= 11 is 3.54. The first-order valence-corrected chi connectivity index (χ1v) is 9.60. The summed E-state index contributed by atoms with van der Waals surface area (Å²) in [6.45, 7) is 2.21. The average Bonchev–Trinajstić information content (AvgIpc) is 2.66. The van der Waals surface area contributed by atoms with Crippen molar-refractivity contribution in [1.82, 2.24) is 0 Å². The van der Waals surface area contributed by atoms with Gasteiger partial charge in [0.05, 0.1) is 5.56 Å². The van der Waals surface area contributed by atoms with E-state index in [2.05, 4.69) is 46.3 Å². The molecule has 0 aromatic heterocycles. The van der Waals surface area contributed by atoms with Crippen LogP contribution in [0.4, 0.5) is 0 Å². The highest BCUT2D eigenvalue weighted by molar-refractivity contribution is 9.10. The van der Waals surface area contributed by atoms with Crippen LogP contribution in [0.1, 0.15) is 32.6 Å². The zero-order chi connectivity index (χ0) is 19.2. The Hall–Kier alpha value is -2.59. The molecule has 0 heterocycles. The van der Waals surface area contributed by atoms with Crippen LogP contribution in [0.5, 0.6) is 5.75 Å². The molecule has 138 valence electrons. The second kappa shape index (κ2) is 8.87. The molecule has 1 N–H and O–H groups in total. The lowest BCUT2D eigenvalue weighted by Crippen LogP contribution is -2.03. The molecule has 0 aliphatic rings. The van der Waals surface area contributed by atoms with Gasteiger partial charge in [-0.2, -0.15) is 0 Å². The van der Waals surface area contributed by atoms with Gasteiger partial charge in [0.1, 0.15) is 12.4 Å². The first-order chi connectivity index (χ1) is 13.0. The van der Waals surface area contributed by atoms with Crippen LogP contribution in [0.25, 0.3) is 0 Å². The van der Waals surface area contributed by atoms with Crippen LogP contribution in [0, 0.1) is 6.92 Å². The Morgan fingerprint density at radius 2 is 1.74 bits per heavy atom. The molecule has 0 saturated carbocycles. The van der Waals surface area contributed by atoms with Crippen molar-refractivity contribution >= 4 is 21.9 Å². The molecule has 0 bridgehead atoms. The normalized spacial score (nSPS) is 10.6. The minimum atomic E-state index is -0.906. The third kappa shape index (κ3) is 5.20. The summed E-state index contributed by atoms with van der Waals surface area (Å²) in [5.41, 5.74) is 4.46. The fourth-order valence-electron chi connectivity index (χ4n) is 3.02. The number of carbonyl (C=O) groups is 1. The van der Waals surface area contributed by atoms with Crippen LogP contribution in [-0.2, 0) is 19.4 Å². The van der Waals surface area contributed by atoms with Crippen LogP contribution in [-0.4, -0.2) is 11.1 Å². The highest BCUT2D eigenvalue weighted by Crippen LogP contribution is 2.26. The molecule has 0 aliphatic carbocycles. The Morgan fingerprint density at radius 3 is 2.44 bits per heavy atom. The predicted octanol–water partition coefficient (Wildman–Crippen LogP) is 5.82. The molecule has 3 rings (SSSR count). The van der Waals surface area contributed by atoms with Crippen molar-refractivity contribution in [3.05, 3.63) is 99.0 Å². The van der Waals surface area contributed by atoms with Gasteiger partial charge in [-0.25, -0.2) is 4.79 Å². The minimum Gasteiger partial charge on any atom is -0.489 e. The lowest BCUT2D eigenvalue weighted by atomic mass is 10.0. The van der Waals surface area contributed by atoms with E-state index in [-0.39, 0.29) is 0 Å². The molecule has 0 amide bonds. The first-order valence-electron chi connectivity index (χ1n) is 8.81. The standard InChI is InChI=1S/C23H21BrO3/c1-16-13-18(8-11-21(16)23(25)26)15-27-22-12-10-20(24)14-19(22)9-7-17-5-3-2-4-6-17/h2-6,8,10-14H,7,9,15H2,1H3,(H,25,26). The van der Waals surface area contributed by atoms with E-state index in [0.717, 1.165) is 39.8 Å². The number of aromatic carboxylic acids is 1. The first kappa shape index (κ1) is 19.2. The summed E-state index contributed by atoms with van der Waals surface area (Å²) in [5, 5.41) is 9.14. The van der Waals surface area contributed by atoms with Gasteiger partial charge in [-0.3, -0.25) is 0 Å². The molecule has 0 saturated heterocycles. The Bertz CT molecular complexity index is 936. The molecule has 27 heavy (non-hydrogen) atoms. The maximum absolute atomic E-state index is 11.1. The molecule has 0 spiro atoms. The lowest BCUT2D eigenvalue weighted by Gasteiger charge is -2.13. The number of benzene rings is 3. The number of rotatable bonds is 7. The molecule has 3 aromatic carbocycles. The quantitative estimate of drug-likeness (QED) is 0.519. The van der Waals surface area contributed by atoms with E-state index in [1.165, 1.54) is 5.56 Å². The highest BCUT2D eigenvalue weighted by atomic mass is 79.9. The molecule has 0 radical (unpaired) electrons. The van der Waals surface area contributed by atoms with Crippen molar-refractivity contribution in [3.8, 4) is 5.75 Å². The SMILES string of the molecule is Cc1cc(COc2ccc(Br)cc2CCc2ccccc2)ccc1C(=O)O. The van der Waals surface area contributed by atoms with Crippen molar-refractivity contribution in [2.45, 2.75) is 26.4 Å². The fourth-order valence-corrected chi connectivity index (χ4v) is 3.43. The van der Waals surface area contributed by atoms with Crippen molar-refractivity contribution in [3.63, 3.8) is 0 Å². The van der Waals surface area contributed by atoms with E-state index in [1.807, 2.05) is 24.3 Å². The van der Waals surface area contributed by atoms with Gasteiger partial charge < -0.3 is 9.84 Å². The van der Waals surface area contributed by atoms with Crippen LogP contribution in [0.15, 0.2) is 71.2 Å². The molecular formula is C23H21BrO3. The number of ether oxygens (including phenoxy) is 1. The van der Waals surface area contributed by atoms with E-state index in [0.29, 0.717) is 12.2 Å². The molecule has 0 unspecified atom stereocenters. The van der Waals surface area contributed by atoms with Crippen LogP contribution >= 0.6 is 15.9 Å². The predicted molar refractivity (Wildman–Crippen MR) is 110 cm³/mol. The Morgan fingerprint density at radius 1 is 0.963 bits per heavy atom. The monoisotopic (exact) mass is 424 g/mol. The van der Waals surface area contributed by atoms with Gasteiger partial charge in [-0.1, -0.05) is 58.4 Å². The summed E-state index contributed by atoms with van der Waals surface area (Å²) in [6, 6.07) is 21.7. The summed E-state index contributed by atoms with van der Waals surface area (Å²) in [5.74, 6) is -0.0508. The molecular weight excluding hydrogens is 404 g/mol. The van der Waals surface area contributed by atoms with Crippen LogP contribution in [0.3, 0.4) is 0 Å². The van der Waals surface area contributed by atoms with Crippen molar-refractivity contribution < 1.29 is 14.6 Å². The zero-order valence-corrected chi connectivity index (χ0v) is 16.7. The maximum atomic E-state index is 11.1. The van der Waals surface area contributed by atoms with Gasteiger partial charge in [-0.15, -0.1) is 0 Å². The maximum Gasteiger partial charge on any atom is 0.335 e. The molecule has 0 atom stereocenters. The summed E-state index contributed by atoms with van der Waals surface area (Å²) in [6.07, 6.45) is 1.83. The largest absolute Gasteiger partial charge is 0.489 e. The van der Waals surface area contributed by atoms with E-state index < -0.39 is 5.97 Å². The Kier molecular flexibility index (Phi) is 6.30. The summed E-state index contributed by atoms with van der Waals surface area (Å²) < 4.78 is 7.08. The average molecular weight is 425 g/mol. The fraction of sp³-hybridized carbons (Fsp3) is 0.174. The Balaban J connectivity index is 1.71. The van der Waals surface area contributed by atoms with Crippen molar-refractivity contribution in [1.29, 1.82) is 0 Å². The van der Waals surface area contributed by atoms with Crippen LogP contribution in [0.2, 0.25) is 0 Å². The van der Waals surface area contributed by atoms with Gasteiger partial charge in [0.25, 0.3) is 0 Å². The van der Waals surface area contributed by atoms with Crippen LogP contribution < -0.4 is 4.74 Å². The molecule has 4 heteroatoms. The molecule has 3 aromatic rings. The van der Waals surface area contributed by atoms with Gasteiger partial charge in [0.2, 0.25) is 0 Å². The number of carboxylic acids is 1. The molecule has 0 fully saturated rings. The number of hydrogen-bond donors (Lipinski definition) is 1. The molecule has 0 aliphatic heterocycles. The van der Waals surface area contributed by atoms with Gasteiger partial charge in [-0.05, 0) is 66.3 Å². The minimum absolute atomic E-state index is 0.325. The van der Waals surface area contributed by atoms with E-state index >= 15 is 0 Å². The number of carboxylic acid groups (broad SMARTS) is 1. The topological polar surface area (TPSA) is 46.5 Å². The van der Waals surface area contributed by atoms with Gasteiger partial charge >= 0.3 is 5.97 Å². The second-order valence-corrected chi connectivity index (χ2v) is 7.40. The van der Waals surface area contributed by atoms with E-state index in [9.17, 15) is 4.79 Å². The third-order valence-corrected chi connectivity index (χ3v) is 4.96. The van der Waals surface area contributed by atoms with E-state index in [1.54, 1.807) is 19.1 Å². The second-order valence-electron chi connectivity index (χ2n) is 6.48. The Labute approximate surface area is 167 Å². The van der Waals surface area contributed by atoms with Crippen molar-refractivity contribution in [2.75, 3.05) is 0 Å². The number of hydrogen-bond acceptors (Lipinski definition) is 2. The molecule has 3 nitrogen and oxygen atoms in total. The highest BCUT2D eigenvalue weighted by Gasteiger charge is 2.09. The summed E-state index contributed by atoms with van der Waals surface area (Å²) in [7, 11) is 0. The number of aryl methyl sites for hydroxylation is 3. The third-order valence-electron chi connectivity index (χ3n) is 4.46. The summed E-state index contributed by atoms with van der Waals surface area (Å²) in [4.78, 5) is 11.1. The van der Waals surface area contributed by atoms with Crippen molar-refractivity contribution in [2.24, 2.45) is 0 Å². The van der Waals surface area contributed by atoms with Gasteiger partial charge in [0, 0.05) is 4.47 Å². The van der Waals surface area contributed by atoms with Gasteiger partial charge in [0.15, 0.2) is 0 Å². The van der Waals surface area contributed by atoms with E-state index in [4.69, 9.17) is 9.84 Å². The number of halogens is 1. The smallest absolute Gasteiger partial charge is 0.335 e.